The second kappa shape index (κ2) is 7.60. The number of amides is 2. The summed E-state index contributed by atoms with van der Waals surface area (Å²) in [5.74, 6) is 0.591. The van der Waals surface area contributed by atoms with E-state index in [0.29, 0.717) is 12.5 Å². The van der Waals surface area contributed by atoms with Crippen molar-refractivity contribution in [3.05, 3.63) is 29.8 Å². The van der Waals surface area contributed by atoms with Gasteiger partial charge in [0.05, 0.1) is 4.90 Å². The molecule has 1 aromatic carbocycles. The first-order valence-electron chi connectivity index (χ1n) is 7.58. The van der Waals surface area contributed by atoms with E-state index in [9.17, 15) is 13.2 Å². The Hall–Kier alpha value is -1.60. The van der Waals surface area contributed by atoms with Gasteiger partial charge < -0.3 is 10.6 Å². The zero-order chi connectivity index (χ0) is 16.0. The highest BCUT2D eigenvalue weighted by Gasteiger charge is 2.14. The summed E-state index contributed by atoms with van der Waals surface area (Å²) in [6, 6.07) is 5.96. The van der Waals surface area contributed by atoms with Gasteiger partial charge in [0.15, 0.2) is 0 Å². The van der Waals surface area contributed by atoms with Crippen LogP contribution in [0.1, 0.15) is 37.7 Å². The molecule has 1 aliphatic rings. The smallest absolute Gasteiger partial charge is 0.315 e. The van der Waals surface area contributed by atoms with Gasteiger partial charge in [-0.05, 0) is 36.5 Å². The van der Waals surface area contributed by atoms with Crippen molar-refractivity contribution in [2.24, 2.45) is 11.1 Å². The Balaban J connectivity index is 1.73. The number of carbonyl (C=O) groups excluding carboxylic acids is 1. The summed E-state index contributed by atoms with van der Waals surface area (Å²) < 4.78 is 22.3. The first-order chi connectivity index (χ1) is 10.4. The lowest BCUT2D eigenvalue weighted by atomic mass is 9.89. The number of benzene rings is 1. The minimum atomic E-state index is -3.67. The highest BCUT2D eigenvalue weighted by molar-refractivity contribution is 7.89. The summed E-state index contributed by atoms with van der Waals surface area (Å²) >= 11 is 0. The van der Waals surface area contributed by atoms with Crippen LogP contribution in [0.25, 0.3) is 0 Å². The largest absolute Gasteiger partial charge is 0.338 e. The number of nitrogens with two attached hydrogens (primary N) is 1. The summed E-state index contributed by atoms with van der Waals surface area (Å²) in [4.78, 5) is 11.8. The van der Waals surface area contributed by atoms with Crippen LogP contribution in [0, 0.1) is 5.92 Å². The Morgan fingerprint density at radius 3 is 2.32 bits per heavy atom. The molecule has 1 saturated carbocycles. The number of sulfonamides is 1. The van der Waals surface area contributed by atoms with Crippen molar-refractivity contribution in [3.8, 4) is 0 Å². The molecule has 0 spiro atoms. The molecule has 4 N–H and O–H groups in total. The summed E-state index contributed by atoms with van der Waals surface area (Å²) in [7, 11) is -3.67. The summed E-state index contributed by atoms with van der Waals surface area (Å²) in [6.45, 7) is 1.07. The molecule has 2 amide bonds. The van der Waals surface area contributed by atoms with E-state index in [2.05, 4.69) is 10.6 Å². The average molecular weight is 325 g/mol. The van der Waals surface area contributed by atoms with Gasteiger partial charge in [0.1, 0.15) is 0 Å². The second-order valence-electron chi connectivity index (χ2n) is 5.76. The molecule has 1 aliphatic carbocycles. The number of hydrogen-bond donors (Lipinski definition) is 3. The quantitative estimate of drug-likeness (QED) is 0.768. The lowest BCUT2D eigenvalue weighted by Crippen LogP contribution is -2.38. The van der Waals surface area contributed by atoms with Gasteiger partial charge in [-0.3, -0.25) is 0 Å². The number of urea groups is 1. The van der Waals surface area contributed by atoms with Crippen LogP contribution in [0.2, 0.25) is 0 Å². The third-order valence-electron chi connectivity index (χ3n) is 3.98. The van der Waals surface area contributed by atoms with Gasteiger partial charge in [0.25, 0.3) is 0 Å². The third-order valence-corrected chi connectivity index (χ3v) is 4.91. The number of nitrogens with one attached hydrogen (secondary N) is 2. The van der Waals surface area contributed by atoms with Crippen molar-refractivity contribution in [1.82, 2.24) is 10.6 Å². The molecule has 7 heteroatoms. The number of hydrogen-bond acceptors (Lipinski definition) is 3. The van der Waals surface area contributed by atoms with E-state index in [1.807, 2.05) is 0 Å². The first kappa shape index (κ1) is 16.8. The lowest BCUT2D eigenvalue weighted by Gasteiger charge is -2.21. The van der Waals surface area contributed by atoms with Crippen molar-refractivity contribution in [3.63, 3.8) is 0 Å². The highest BCUT2D eigenvalue weighted by Crippen LogP contribution is 2.22. The molecule has 0 heterocycles. The van der Waals surface area contributed by atoms with Crippen molar-refractivity contribution in [2.45, 2.75) is 43.5 Å². The van der Waals surface area contributed by atoms with Crippen molar-refractivity contribution in [1.29, 1.82) is 0 Å². The van der Waals surface area contributed by atoms with Crippen LogP contribution in [0.15, 0.2) is 29.2 Å². The maximum atomic E-state index is 11.7. The summed E-state index contributed by atoms with van der Waals surface area (Å²) in [6.07, 6.45) is 6.19. The van der Waals surface area contributed by atoms with Gasteiger partial charge in [0.2, 0.25) is 10.0 Å². The Morgan fingerprint density at radius 2 is 1.73 bits per heavy atom. The maximum absolute atomic E-state index is 11.7. The van der Waals surface area contributed by atoms with Gasteiger partial charge in [-0.1, -0.05) is 31.4 Å². The molecular formula is C15H23N3O3S. The van der Waals surface area contributed by atoms with Crippen LogP contribution >= 0.6 is 0 Å². The molecule has 0 unspecified atom stereocenters. The van der Waals surface area contributed by atoms with Gasteiger partial charge in [0, 0.05) is 13.1 Å². The fourth-order valence-electron chi connectivity index (χ4n) is 2.67. The van der Waals surface area contributed by atoms with Crippen LogP contribution < -0.4 is 15.8 Å². The van der Waals surface area contributed by atoms with E-state index in [4.69, 9.17) is 5.14 Å². The van der Waals surface area contributed by atoms with E-state index in [0.717, 1.165) is 12.1 Å². The topological polar surface area (TPSA) is 101 Å². The van der Waals surface area contributed by atoms with E-state index in [1.165, 1.54) is 44.2 Å². The van der Waals surface area contributed by atoms with E-state index < -0.39 is 10.0 Å². The highest BCUT2D eigenvalue weighted by atomic mass is 32.2. The molecule has 0 aliphatic heterocycles. The van der Waals surface area contributed by atoms with E-state index in [-0.39, 0.29) is 10.9 Å². The molecular weight excluding hydrogens is 302 g/mol. The van der Waals surface area contributed by atoms with E-state index >= 15 is 0 Å². The maximum Gasteiger partial charge on any atom is 0.315 e. The molecule has 6 nitrogen and oxygen atoms in total. The standard InChI is InChI=1S/C15H23N3O3S/c16-22(20,21)14-8-6-13(7-9-14)11-18-15(19)17-10-12-4-2-1-3-5-12/h6-9,12H,1-5,10-11H2,(H2,16,20,21)(H2,17,18,19). The minimum absolute atomic E-state index is 0.0676. The predicted molar refractivity (Wildman–Crippen MR) is 84.6 cm³/mol. The number of primary sulfonamides is 1. The molecule has 0 atom stereocenters. The summed E-state index contributed by atoms with van der Waals surface area (Å²) in [5.41, 5.74) is 0.820. The molecule has 0 saturated heterocycles. The molecule has 1 fully saturated rings. The van der Waals surface area contributed by atoms with E-state index in [1.54, 1.807) is 12.1 Å². The molecule has 2 rings (SSSR count). The third kappa shape index (κ3) is 5.31. The van der Waals surface area contributed by atoms with Gasteiger partial charge in [-0.25, -0.2) is 18.4 Å². The zero-order valence-electron chi connectivity index (χ0n) is 12.5. The van der Waals surface area contributed by atoms with Crippen LogP contribution in [0.4, 0.5) is 4.79 Å². The first-order valence-corrected chi connectivity index (χ1v) is 9.13. The number of rotatable bonds is 5. The fourth-order valence-corrected chi connectivity index (χ4v) is 3.19. The lowest BCUT2D eigenvalue weighted by molar-refractivity contribution is 0.236. The molecule has 1 aromatic rings. The van der Waals surface area contributed by atoms with Gasteiger partial charge >= 0.3 is 6.03 Å². The fraction of sp³-hybridized carbons (Fsp3) is 0.533. The van der Waals surface area contributed by atoms with Crippen LogP contribution in [0.3, 0.4) is 0 Å². The summed E-state index contributed by atoms with van der Waals surface area (Å²) in [5, 5.41) is 10.7. The van der Waals surface area contributed by atoms with Crippen molar-refractivity contribution >= 4 is 16.1 Å². The van der Waals surface area contributed by atoms with Crippen LogP contribution in [0.5, 0.6) is 0 Å². The molecule has 0 bridgehead atoms. The predicted octanol–water partition coefficient (Wildman–Crippen LogP) is 1.71. The Bertz CT molecular complexity index is 593. The molecule has 0 aromatic heterocycles. The SMILES string of the molecule is NS(=O)(=O)c1ccc(CNC(=O)NCC2CCCCC2)cc1. The normalized spacial score (nSPS) is 16.2. The Morgan fingerprint density at radius 1 is 1.09 bits per heavy atom. The number of carbonyl (C=O) groups is 1. The minimum Gasteiger partial charge on any atom is -0.338 e. The monoisotopic (exact) mass is 325 g/mol. The van der Waals surface area contributed by atoms with Gasteiger partial charge in [-0.2, -0.15) is 0 Å². The van der Waals surface area contributed by atoms with Crippen molar-refractivity contribution in [2.75, 3.05) is 6.54 Å². The average Bonchev–Trinajstić information content (AvgIpc) is 2.51. The van der Waals surface area contributed by atoms with Crippen LogP contribution in [-0.2, 0) is 16.6 Å². The van der Waals surface area contributed by atoms with Crippen molar-refractivity contribution < 1.29 is 13.2 Å². The molecule has 0 radical (unpaired) electrons. The van der Waals surface area contributed by atoms with Crippen LogP contribution in [-0.4, -0.2) is 21.0 Å². The zero-order valence-corrected chi connectivity index (χ0v) is 13.4. The molecule has 22 heavy (non-hydrogen) atoms. The Kier molecular flexibility index (Phi) is 5.79. The second-order valence-corrected chi connectivity index (χ2v) is 7.32. The molecule has 122 valence electrons. The van der Waals surface area contributed by atoms with Gasteiger partial charge in [-0.15, -0.1) is 0 Å². The Labute approximate surface area is 131 Å².